The van der Waals surface area contributed by atoms with Gasteiger partial charge in [-0.2, -0.15) is 0 Å². The number of thiophene rings is 1. The molecule has 0 N–H and O–H groups in total. The van der Waals surface area contributed by atoms with E-state index in [0.29, 0.717) is 16.5 Å². The summed E-state index contributed by atoms with van der Waals surface area (Å²) in [7, 11) is 1.64. The summed E-state index contributed by atoms with van der Waals surface area (Å²) in [5, 5.41) is 11.5. The lowest BCUT2D eigenvalue weighted by Crippen LogP contribution is -2.02. The Hall–Kier alpha value is -2.64. The fraction of sp³-hybridized carbons (Fsp3) is 0.100. The number of hydrogen-bond acceptors (Lipinski definition) is 5. The van der Waals surface area contributed by atoms with Crippen LogP contribution in [0.2, 0.25) is 0 Å². The molecule has 0 saturated heterocycles. The van der Waals surface area contributed by atoms with Gasteiger partial charge in [0.2, 0.25) is 0 Å². The van der Waals surface area contributed by atoms with Crippen LogP contribution < -0.4 is 4.74 Å². The third-order valence-electron chi connectivity index (χ3n) is 4.02. The van der Waals surface area contributed by atoms with Gasteiger partial charge in [0.15, 0.2) is 11.0 Å². The highest BCUT2D eigenvalue weighted by Crippen LogP contribution is 2.35. The maximum atomic E-state index is 14.0. The predicted octanol–water partition coefficient (Wildman–Crippen LogP) is 5.44. The molecule has 0 unspecified atom stereocenters. The summed E-state index contributed by atoms with van der Waals surface area (Å²) < 4.78 is 21.5. The number of aromatic nitrogens is 3. The van der Waals surface area contributed by atoms with Crippen LogP contribution in [-0.2, 0) is 5.75 Å². The number of para-hydroxylation sites is 2. The quantitative estimate of drug-likeness (QED) is 0.407. The summed E-state index contributed by atoms with van der Waals surface area (Å²) in [6, 6.07) is 18.5. The Morgan fingerprint density at radius 2 is 1.85 bits per heavy atom. The minimum absolute atomic E-state index is 0.216. The molecule has 136 valence electrons. The lowest BCUT2D eigenvalue weighted by atomic mass is 10.2. The molecule has 2 aromatic heterocycles. The minimum Gasteiger partial charge on any atom is -0.495 e. The number of methoxy groups -OCH3 is 1. The van der Waals surface area contributed by atoms with E-state index >= 15 is 0 Å². The second-order valence-electron chi connectivity index (χ2n) is 5.67. The maximum absolute atomic E-state index is 14.0. The molecule has 2 aromatic carbocycles. The Morgan fingerprint density at radius 1 is 1.04 bits per heavy atom. The normalized spacial score (nSPS) is 10.9. The van der Waals surface area contributed by atoms with Gasteiger partial charge in [-0.3, -0.25) is 4.57 Å². The lowest BCUT2D eigenvalue weighted by molar-refractivity contribution is 0.412. The number of ether oxygens (including phenoxy) is 1. The zero-order chi connectivity index (χ0) is 18.6. The first-order valence-electron chi connectivity index (χ1n) is 8.27. The molecular weight excluding hydrogens is 381 g/mol. The zero-order valence-corrected chi connectivity index (χ0v) is 16.1. The molecule has 0 fully saturated rings. The second-order valence-corrected chi connectivity index (χ2v) is 7.56. The van der Waals surface area contributed by atoms with Gasteiger partial charge in [-0.15, -0.1) is 21.5 Å². The van der Waals surface area contributed by atoms with Crippen molar-refractivity contribution in [2.45, 2.75) is 10.9 Å². The molecular formula is C20H16FN3OS2. The number of halogens is 1. The number of benzene rings is 2. The van der Waals surface area contributed by atoms with Gasteiger partial charge in [-0.1, -0.05) is 48.2 Å². The predicted molar refractivity (Wildman–Crippen MR) is 107 cm³/mol. The highest BCUT2D eigenvalue weighted by atomic mass is 32.2. The van der Waals surface area contributed by atoms with Gasteiger partial charge in [0.25, 0.3) is 0 Å². The van der Waals surface area contributed by atoms with Gasteiger partial charge < -0.3 is 4.74 Å². The second kappa shape index (κ2) is 7.94. The van der Waals surface area contributed by atoms with Crippen LogP contribution in [0.15, 0.2) is 71.2 Å². The molecule has 0 aliphatic heterocycles. The van der Waals surface area contributed by atoms with Crippen LogP contribution >= 0.6 is 23.1 Å². The molecule has 2 heterocycles. The summed E-state index contributed by atoms with van der Waals surface area (Å²) in [6.45, 7) is 0. The van der Waals surface area contributed by atoms with E-state index in [-0.39, 0.29) is 5.82 Å². The smallest absolute Gasteiger partial charge is 0.196 e. The topological polar surface area (TPSA) is 39.9 Å². The van der Waals surface area contributed by atoms with E-state index in [4.69, 9.17) is 4.74 Å². The third kappa shape index (κ3) is 3.61. The standard InChI is InChI=1S/C20H16FN3OS2/c1-25-17-10-5-4-9-16(17)24-19(18-11-6-12-26-18)22-23-20(24)27-13-14-7-2-3-8-15(14)21/h2-12H,13H2,1H3. The zero-order valence-electron chi connectivity index (χ0n) is 14.5. The van der Waals surface area contributed by atoms with Crippen molar-refractivity contribution in [1.82, 2.24) is 14.8 Å². The summed E-state index contributed by atoms with van der Waals surface area (Å²) in [5.41, 5.74) is 1.49. The molecule has 0 saturated carbocycles. The Bertz CT molecular complexity index is 1050. The third-order valence-corrected chi connectivity index (χ3v) is 5.86. The molecule has 0 atom stereocenters. The molecule has 4 nitrogen and oxygen atoms in total. The van der Waals surface area contributed by atoms with E-state index in [9.17, 15) is 4.39 Å². The molecule has 0 aliphatic carbocycles. The molecule has 4 rings (SSSR count). The molecule has 0 aliphatic rings. The van der Waals surface area contributed by atoms with Crippen LogP contribution in [0.3, 0.4) is 0 Å². The van der Waals surface area contributed by atoms with E-state index < -0.39 is 0 Å². The Balaban J connectivity index is 1.77. The van der Waals surface area contributed by atoms with Crippen LogP contribution in [0.5, 0.6) is 5.75 Å². The number of nitrogens with zero attached hydrogens (tertiary/aromatic N) is 3. The fourth-order valence-corrected chi connectivity index (χ4v) is 4.35. The maximum Gasteiger partial charge on any atom is 0.196 e. The highest BCUT2D eigenvalue weighted by Gasteiger charge is 2.19. The van der Waals surface area contributed by atoms with Crippen LogP contribution in [0.25, 0.3) is 16.4 Å². The number of hydrogen-bond donors (Lipinski definition) is 0. The van der Waals surface area contributed by atoms with E-state index in [2.05, 4.69) is 10.2 Å². The van der Waals surface area contributed by atoms with Gasteiger partial charge in [0.05, 0.1) is 17.7 Å². The largest absolute Gasteiger partial charge is 0.495 e. The van der Waals surface area contributed by atoms with Gasteiger partial charge in [0, 0.05) is 5.75 Å². The first kappa shape index (κ1) is 17.8. The van der Waals surface area contributed by atoms with Crippen molar-refractivity contribution in [2.75, 3.05) is 7.11 Å². The molecule has 0 bridgehead atoms. The monoisotopic (exact) mass is 397 g/mol. The van der Waals surface area contributed by atoms with Gasteiger partial charge in [0.1, 0.15) is 11.6 Å². The molecule has 27 heavy (non-hydrogen) atoms. The summed E-state index contributed by atoms with van der Waals surface area (Å²) >= 11 is 3.04. The molecule has 0 spiro atoms. The number of rotatable bonds is 6. The Morgan fingerprint density at radius 3 is 2.63 bits per heavy atom. The minimum atomic E-state index is -0.216. The molecule has 7 heteroatoms. The van der Waals surface area contributed by atoms with Crippen molar-refractivity contribution in [2.24, 2.45) is 0 Å². The van der Waals surface area contributed by atoms with Crippen LogP contribution in [-0.4, -0.2) is 21.9 Å². The number of thioether (sulfide) groups is 1. The molecule has 4 aromatic rings. The fourth-order valence-electron chi connectivity index (χ4n) is 2.72. The van der Waals surface area contributed by atoms with E-state index in [0.717, 1.165) is 22.1 Å². The average Bonchev–Trinajstić information content (AvgIpc) is 3.37. The van der Waals surface area contributed by atoms with Crippen molar-refractivity contribution in [3.8, 4) is 22.1 Å². The molecule has 0 radical (unpaired) electrons. The van der Waals surface area contributed by atoms with Crippen molar-refractivity contribution in [3.05, 3.63) is 77.4 Å². The van der Waals surface area contributed by atoms with E-state index in [1.807, 2.05) is 52.4 Å². The van der Waals surface area contributed by atoms with Gasteiger partial charge in [-0.25, -0.2) is 4.39 Å². The Labute approximate surface area is 164 Å². The van der Waals surface area contributed by atoms with Crippen LogP contribution in [0.1, 0.15) is 5.56 Å². The first-order chi connectivity index (χ1) is 13.3. The van der Waals surface area contributed by atoms with Crippen molar-refractivity contribution in [1.29, 1.82) is 0 Å². The average molecular weight is 398 g/mol. The molecule has 0 amide bonds. The van der Waals surface area contributed by atoms with Crippen molar-refractivity contribution in [3.63, 3.8) is 0 Å². The van der Waals surface area contributed by atoms with Crippen molar-refractivity contribution < 1.29 is 9.13 Å². The lowest BCUT2D eigenvalue weighted by Gasteiger charge is -2.13. The first-order valence-corrected chi connectivity index (χ1v) is 10.1. The Kier molecular flexibility index (Phi) is 5.22. The summed E-state index contributed by atoms with van der Waals surface area (Å²) in [5.74, 6) is 1.71. The van der Waals surface area contributed by atoms with E-state index in [1.165, 1.54) is 17.8 Å². The van der Waals surface area contributed by atoms with Gasteiger partial charge >= 0.3 is 0 Å². The van der Waals surface area contributed by atoms with Crippen LogP contribution in [0.4, 0.5) is 4.39 Å². The summed E-state index contributed by atoms with van der Waals surface area (Å²) in [4.78, 5) is 1.01. The van der Waals surface area contributed by atoms with Crippen molar-refractivity contribution >= 4 is 23.1 Å². The van der Waals surface area contributed by atoms with E-state index in [1.54, 1.807) is 30.6 Å². The summed E-state index contributed by atoms with van der Waals surface area (Å²) in [6.07, 6.45) is 0. The van der Waals surface area contributed by atoms with Gasteiger partial charge in [-0.05, 0) is 35.2 Å². The SMILES string of the molecule is COc1ccccc1-n1c(SCc2ccccc2F)nnc1-c1cccs1. The van der Waals surface area contributed by atoms with Crippen LogP contribution in [0, 0.1) is 5.82 Å². The highest BCUT2D eigenvalue weighted by molar-refractivity contribution is 7.98.